The van der Waals surface area contributed by atoms with Crippen LogP contribution in [0.5, 0.6) is 5.75 Å². The van der Waals surface area contributed by atoms with Crippen LogP contribution >= 0.6 is 11.3 Å². The highest BCUT2D eigenvalue weighted by atomic mass is 32.1. The summed E-state index contributed by atoms with van der Waals surface area (Å²) in [6.45, 7) is 2.53. The van der Waals surface area contributed by atoms with Crippen LogP contribution in [0.3, 0.4) is 0 Å². The number of para-hydroxylation sites is 1. The minimum absolute atomic E-state index is 0.0250. The molecule has 3 aromatic rings. The number of rotatable bonds is 7. The van der Waals surface area contributed by atoms with Crippen molar-refractivity contribution in [1.29, 1.82) is 0 Å². The normalized spacial score (nSPS) is 10.4. The predicted molar refractivity (Wildman–Crippen MR) is 101 cm³/mol. The number of hydrogen-bond acceptors (Lipinski definition) is 4. The topological polar surface area (TPSA) is 51.2 Å². The molecule has 0 radical (unpaired) electrons. The Labute approximate surface area is 151 Å². The van der Waals surface area contributed by atoms with Gasteiger partial charge in [-0.2, -0.15) is 0 Å². The second kappa shape index (κ2) is 8.44. The van der Waals surface area contributed by atoms with E-state index in [1.807, 2.05) is 66.9 Å². The Hall–Kier alpha value is -2.66. The van der Waals surface area contributed by atoms with Crippen LogP contribution in [0, 0.1) is 6.92 Å². The molecule has 0 saturated heterocycles. The number of amides is 1. The molecule has 5 heteroatoms. The largest absolute Gasteiger partial charge is 0.484 e. The molecule has 0 aliphatic carbocycles. The minimum atomic E-state index is -0.123. The van der Waals surface area contributed by atoms with Crippen LogP contribution in [0.15, 0.2) is 60.0 Å². The lowest BCUT2D eigenvalue weighted by molar-refractivity contribution is -0.123. The monoisotopic (exact) mass is 352 g/mol. The molecule has 1 heterocycles. The van der Waals surface area contributed by atoms with Gasteiger partial charge in [-0.1, -0.05) is 48.5 Å². The molecule has 0 saturated carbocycles. The average Bonchev–Trinajstić information content (AvgIpc) is 3.11. The summed E-state index contributed by atoms with van der Waals surface area (Å²) in [5.74, 6) is 0.617. The van der Waals surface area contributed by atoms with E-state index in [0.717, 1.165) is 27.6 Å². The second-order valence-corrected chi connectivity index (χ2v) is 6.52. The lowest BCUT2D eigenvalue weighted by atomic mass is 10.2. The average molecular weight is 352 g/mol. The molecular weight excluding hydrogens is 332 g/mol. The number of ether oxygens (including phenoxy) is 1. The summed E-state index contributed by atoms with van der Waals surface area (Å²) in [5.41, 5.74) is 3.13. The minimum Gasteiger partial charge on any atom is -0.484 e. The number of hydrogen-bond donors (Lipinski definition) is 1. The maximum atomic E-state index is 11.9. The SMILES string of the molecule is Cc1ccccc1OCC(=O)NCCc1csc(-c2ccccc2)n1. The van der Waals surface area contributed by atoms with Crippen molar-refractivity contribution in [1.82, 2.24) is 10.3 Å². The summed E-state index contributed by atoms with van der Waals surface area (Å²) in [4.78, 5) is 16.5. The standard InChI is InChI=1S/C20H20N2O2S/c1-15-7-5-6-10-18(15)24-13-19(23)21-12-11-17-14-25-20(22-17)16-8-3-2-4-9-16/h2-10,14H,11-13H2,1H3,(H,21,23). The molecule has 1 N–H and O–H groups in total. The number of nitrogens with one attached hydrogen (secondary N) is 1. The fourth-order valence-corrected chi connectivity index (χ4v) is 3.24. The van der Waals surface area contributed by atoms with Crippen molar-refractivity contribution in [3.8, 4) is 16.3 Å². The van der Waals surface area contributed by atoms with E-state index in [2.05, 4.69) is 10.3 Å². The van der Waals surface area contributed by atoms with Crippen LogP contribution < -0.4 is 10.1 Å². The molecule has 4 nitrogen and oxygen atoms in total. The van der Waals surface area contributed by atoms with E-state index in [9.17, 15) is 4.79 Å². The molecule has 0 unspecified atom stereocenters. The van der Waals surface area contributed by atoms with E-state index in [-0.39, 0.29) is 12.5 Å². The van der Waals surface area contributed by atoms with Gasteiger partial charge in [0.15, 0.2) is 6.61 Å². The van der Waals surface area contributed by atoms with Crippen molar-refractivity contribution in [2.45, 2.75) is 13.3 Å². The zero-order valence-electron chi connectivity index (χ0n) is 14.1. The van der Waals surface area contributed by atoms with Crippen LogP contribution in [0.2, 0.25) is 0 Å². The number of aryl methyl sites for hydroxylation is 1. The lowest BCUT2D eigenvalue weighted by Gasteiger charge is -2.08. The van der Waals surface area contributed by atoms with E-state index in [4.69, 9.17) is 4.74 Å². The molecule has 0 spiro atoms. The molecular formula is C20H20N2O2S. The zero-order chi connectivity index (χ0) is 17.5. The first-order valence-corrected chi connectivity index (χ1v) is 9.05. The Morgan fingerprint density at radius 3 is 2.68 bits per heavy atom. The van der Waals surface area contributed by atoms with Crippen molar-refractivity contribution in [2.24, 2.45) is 0 Å². The van der Waals surface area contributed by atoms with Gasteiger partial charge >= 0.3 is 0 Å². The van der Waals surface area contributed by atoms with Gasteiger partial charge in [-0.15, -0.1) is 11.3 Å². The van der Waals surface area contributed by atoms with Gasteiger partial charge in [0.1, 0.15) is 10.8 Å². The number of nitrogens with zero attached hydrogens (tertiary/aromatic N) is 1. The molecule has 0 atom stereocenters. The van der Waals surface area contributed by atoms with Crippen molar-refractivity contribution < 1.29 is 9.53 Å². The highest BCUT2D eigenvalue weighted by Crippen LogP contribution is 2.23. The van der Waals surface area contributed by atoms with Gasteiger partial charge in [0, 0.05) is 23.9 Å². The number of carbonyl (C=O) groups is 1. The number of carbonyl (C=O) groups excluding carboxylic acids is 1. The first-order chi connectivity index (χ1) is 12.2. The van der Waals surface area contributed by atoms with Crippen molar-refractivity contribution in [2.75, 3.05) is 13.2 Å². The zero-order valence-corrected chi connectivity index (χ0v) is 14.9. The van der Waals surface area contributed by atoms with E-state index in [0.29, 0.717) is 13.0 Å². The quantitative estimate of drug-likeness (QED) is 0.702. The fraction of sp³-hybridized carbons (Fsp3) is 0.200. The third-order valence-corrected chi connectivity index (χ3v) is 4.67. The van der Waals surface area contributed by atoms with Gasteiger partial charge in [-0.05, 0) is 18.6 Å². The summed E-state index contributed by atoms with van der Waals surface area (Å²) in [6.07, 6.45) is 0.708. The maximum absolute atomic E-state index is 11.9. The molecule has 1 aromatic heterocycles. The molecule has 3 rings (SSSR count). The Morgan fingerprint density at radius 1 is 1.12 bits per heavy atom. The summed E-state index contributed by atoms with van der Waals surface area (Å²) in [6, 6.07) is 17.8. The summed E-state index contributed by atoms with van der Waals surface area (Å²) in [7, 11) is 0. The molecule has 0 bridgehead atoms. The van der Waals surface area contributed by atoms with Crippen molar-refractivity contribution >= 4 is 17.2 Å². The maximum Gasteiger partial charge on any atom is 0.257 e. The molecule has 128 valence electrons. The molecule has 2 aromatic carbocycles. The second-order valence-electron chi connectivity index (χ2n) is 5.66. The van der Waals surface area contributed by atoms with Gasteiger partial charge in [-0.25, -0.2) is 4.98 Å². The van der Waals surface area contributed by atoms with Gasteiger partial charge in [0.2, 0.25) is 0 Å². The van der Waals surface area contributed by atoms with Crippen LogP contribution in [0.1, 0.15) is 11.3 Å². The Balaban J connectivity index is 1.43. The molecule has 25 heavy (non-hydrogen) atoms. The first-order valence-electron chi connectivity index (χ1n) is 8.17. The molecule has 1 amide bonds. The molecule has 0 fully saturated rings. The van der Waals surface area contributed by atoms with Crippen molar-refractivity contribution in [3.63, 3.8) is 0 Å². The Bertz CT molecular complexity index is 830. The van der Waals surface area contributed by atoms with E-state index in [1.165, 1.54) is 0 Å². The summed E-state index contributed by atoms with van der Waals surface area (Å²) < 4.78 is 5.54. The fourth-order valence-electron chi connectivity index (χ4n) is 2.38. The Morgan fingerprint density at radius 2 is 1.88 bits per heavy atom. The number of thiazole rings is 1. The predicted octanol–water partition coefficient (Wildman–Crippen LogP) is 3.86. The van der Waals surface area contributed by atoms with Crippen LogP contribution in [-0.4, -0.2) is 24.0 Å². The summed E-state index contributed by atoms with van der Waals surface area (Å²) >= 11 is 1.62. The van der Waals surface area contributed by atoms with E-state index < -0.39 is 0 Å². The summed E-state index contributed by atoms with van der Waals surface area (Å²) in [5, 5.41) is 5.92. The number of benzene rings is 2. The smallest absolute Gasteiger partial charge is 0.257 e. The molecule has 0 aliphatic heterocycles. The van der Waals surface area contributed by atoms with Crippen molar-refractivity contribution in [3.05, 3.63) is 71.2 Å². The molecule has 0 aliphatic rings. The van der Waals surface area contributed by atoms with Crippen LogP contribution in [0.25, 0.3) is 10.6 Å². The third-order valence-electron chi connectivity index (χ3n) is 3.73. The number of aromatic nitrogens is 1. The van der Waals surface area contributed by atoms with Crippen LogP contribution in [-0.2, 0) is 11.2 Å². The third kappa shape index (κ3) is 4.90. The van der Waals surface area contributed by atoms with E-state index >= 15 is 0 Å². The van der Waals surface area contributed by atoms with E-state index in [1.54, 1.807) is 11.3 Å². The Kier molecular flexibility index (Phi) is 5.80. The highest BCUT2D eigenvalue weighted by Gasteiger charge is 2.07. The van der Waals surface area contributed by atoms with Gasteiger partial charge in [0.25, 0.3) is 5.91 Å². The highest BCUT2D eigenvalue weighted by molar-refractivity contribution is 7.13. The first kappa shape index (κ1) is 17.2. The lowest BCUT2D eigenvalue weighted by Crippen LogP contribution is -2.30. The van der Waals surface area contributed by atoms with Gasteiger partial charge < -0.3 is 10.1 Å². The van der Waals surface area contributed by atoms with Gasteiger partial charge in [0.05, 0.1) is 5.69 Å². The van der Waals surface area contributed by atoms with Gasteiger partial charge in [-0.3, -0.25) is 4.79 Å². The van der Waals surface area contributed by atoms with Crippen LogP contribution in [0.4, 0.5) is 0 Å².